The van der Waals surface area contributed by atoms with Gasteiger partial charge in [0.2, 0.25) is 5.91 Å². The number of hydrogen-bond acceptors (Lipinski definition) is 6. The smallest absolute Gasteiger partial charge is 0.330 e. The Morgan fingerprint density at radius 2 is 1.91 bits per heavy atom. The van der Waals surface area contributed by atoms with Crippen LogP contribution in [-0.4, -0.2) is 27.0 Å². The van der Waals surface area contributed by atoms with Gasteiger partial charge in [-0.05, 0) is 19.8 Å². The lowest BCUT2D eigenvalue weighted by Gasteiger charge is -2.24. The normalized spacial score (nSPS) is 11.0. The van der Waals surface area contributed by atoms with Crippen LogP contribution < -0.4 is 21.9 Å². The van der Waals surface area contributed by atoms with Crippen molar-refractivity contribution in [3.05, 3.63) is 62.8 Å². The molecule has 176 valence electrons. The minimum absolute atomic E-state index is 0.0109. The maximum Gasteiger partial charge on any atom is 0.330 e. The quantitative estimate of drug-likeness (QED) is 0.485. The molecule has 3 N–H and O–H groups in total. The van der Waals surface area contributed by atoms with Crippen LogP contribution >= 0.6 is 0 Å². The van der Waals surface area contributed by atoms with Gasteiger partial charge in [0.15, 0.2) is 17.3 Å². The van der Waals surface area contributed by atoms with Crippen LogP contribution in [0.15, 0.2) is 44.5 Å². The van der Waals surface area contributed by atoms with Crippen LogP contribution in [0, 0.1) is 6.92 Å². The number of nitrogens with one attached hydrogen (secondary N) is 1. The SMILES string of the molecule is CCCCn1c(N)c(N(CCC)C(=O)CCc2ncc(-c3ccc(C)cc3)o2)c(=O)[nH]c1=O. The molecular formula is C24H31N5O4. The second-order valence-electron chi connectivity index (χ2n) is 8.03. The summed E-state index contributed by atoms with van der Waals surface area (Å²) in [6, 6.07) is 7.89. The van der Waals surface area contributed by atoms with E-state index in [4.69, 9.17) is 10.2 Å². The van der Waals surface area contributed by atoms with E-state index in [0.29, 0.717) is 31.2 Å². The molecule has 1 aromatic carbocycles. The summed E-state index contributed by atoms with van der Waals surface area (Å²) >= 11 is 0. The number of aromatic nitrogens is 3. The van der Waals surface area contributed by atoms with E-state index in [-0.39, 0.29) is 30.3 Å². The molecule has 0 unspecified atom stereocenters. The number of unbranched alkanes of at least 4 members (excludes halogenated alkanes) is 1. The Morgan fingerprint density at radius 3 is 2.58 bits per heavy atom. The van der Waals surface area contributed by atoms with Gasteiger partial charge in [-0.2, -0.15) is 0 Å². The van der Waals surface area contributed by atoms with Gasteiger partial charge in [0, 0.05) is 31.5 Å². The molecule has 0 saturated heterocycles. The molecule has 9 heteroatoms. The van der Waals surface area contributed by atoms with Gasteiger partial charge in [0.25, 0.3) is 5.56 Å². The molecule has 0 radical (unpaired) electrons. The Bertz CT molecular complexity index is 1210. The zero-order valence-electron chi connectivity index (χ0n) is 19.4. The second kappa shape index (κ2) is 10.8. The van der Waals surface area contributed by atoms with E-state index < -0.39 is 11.2 Å². The van der Waals surface area contributed by atoms with Gasteiger partial charge in [-0.3, -0.25) is 19.1 Å². The van der Waals surface area contributed by atoms with Gasteiger partial charge in [0.1, 0.15) is 5.82 Å². The van der Waals surface area contributed by atoms with Gasteiger partial charge >= 0.3 is 5.69 Å². The van der Waals surface area contributed by atoms with Crippen molar-refractivity contribution in [3.63, 3.8) is 0 Å². The fourth-order valence-corrected chi connectivity index (χ4v) is 3.59. The molecule has 0 aliphatic rings. The molecule has 0 fully saturated rings. The number of nitrogen functional groups attached to an aromatic ring is 1. The number of hydrogen-bond donors (Lipinski definition) is 2. The first-order valence-electron chi connectivity index (χ1n) is 11.3. The molecule has 9 nitrogen and oxygen atoms in total. The van der Waals surface area contributed by atoms with Crippen molar-refractivity contribution in [2.45, 2.75) is 59.4 Å². The molecule has 2 aromatic heterocycles. The van der Waals surface area contributed by atoms with Crippen molar-refractivity contribution in [3.8, 4) is 11.3 Å². The maximum atomic E-state index is 13.1. The lowest BCUT2D eigenvalue weighted by atomic mass is 10.1. The number of oxazole rings is 1. The number of H-pyrrole nitrogens is 1. The van der Waals surface area contributed by atoms with Crippen LogP contribution in [0.25, 0.3) is 11.3 Å². The number of amides is 1. The third-order valence-electron chi connectivity index (χ3n) is 5.41. The Labute approximate surface area is 192 Å². The second-order valence-corrected chi connectivity index (χ2v) is 8.03. The van der Waals surface area contributed by atoms with Crippen molar-refractivity contribution in [1.82, 2.24) is 14.5 Å². The number of rotatable bonds is 10. The Morgan fingerprint density at radius 1 is 1.18 bits per heavy atom. The third-order valence-corrected chi connectivity index (χ3v) is 5.41. The standard InChI is InChI=1S/C24H31N5O4/c1-4-6-14-29-22(25)21(23(31)27-24(29)32)28(13-5-2)20(30)12-11-19-26-15-18(33-19)17-9-7-16(3)8-10-17/h7-10,15H,4-6,11-14,25H2,1-3H3,(H,27,31,32). The number of carbonyl (C=O) groups excluding carboxylic acids is 1. The summed E-state index contributed by atoms with van der Waals surface area (Å²) in [4.78, 5) is 45.9. The fraction of sp³-hybridized carbons (Fsp3) is 0.417. The van der Waals surface area contributed by atoms with E-state index in [1.54, 1.807) is 6.20 Å². The van der Waals surface area contributed by atoms with Crippen LogP contribution in [0.4, 0.5) is 11.5 Å². The maximum absolute atomic E-state index is 13.1. The molecule has 33 heavy (non-hydrogen) atoms. The highest BCUT2D eigenvalue weighted by Gasteiger charge is 2.24. The van der Waals surface area contributed by atoms with Gasteiger partial charge in [-0.25, -0.2) is 9.78 Å². The first kappa shape index (κ1) is 24.0. The molecule has 0 bridgehead atoms. The highest BCUT2D eigenvalue weighted by atomic mass is 16.4. The van der Waals surface area contributed by atoms with E-state index in [1.807, 2.05) is 45.0 Å². The zero-order chi connectivity index (χ0) is 24.0. The molecular weight excluding hydrogens is 422 g/mol. The number of nitrogens with zero attached hydrogens (tertiary/aromatic N) is 3. The van der Waals surface area contributed by atoms with Crippen molar-refractivity contribution in [2.75, 3.05) is 17.2 Å². The van der Waals surface area contributed by atoms with E-state index in [2.05, 4.69) is 9.97 Å². The highest BCUT2D eigenvalue weighted by Crippen LogP contribution is 2.22. The lowest BCUT2D eigenvalue weighted by molar-refractivity contribution is -0.118. The topological polar surface area (TPSA) is 127 Å². The summed E-state index contributed by atoms with van der Waals surface area (Å²) in [7, 11) is 0. The summed E-state index contributed by atoms with van der Waals surface area (Å²) in [5.41, 5.74) is 7.05. The minimum Gasteiger partial charge on any atom is -0.441 e. The van der Waals surface area contributed by atoms with Gasteiger partial charge < -0.3 is 15.1 Å². The number of carbonyl (C=O) groups is 1. The molecule has 0 aliphatic heterocycles. The van der Waals surface area contributed by atoms with E-state index >= 15 is 0 Å². The molecule has 2 heterocycles. The van der Waals surface area contributed by atoms with Gasteiger partial charge in [-0.15, -0.1) is 0 Å². The third kappa shape index (κ3) is 5.60. The van der Waals surface area contributed by atoms with E-state index in [1.165, 1.54) is 9.47 Å². The van der Waals surface area contributed by atoms with Crippen LogP contribution in [-0.2, 0) is 17.8 Å². The van der Waals surface area contributed by atoms with Crippen LogP contribution in [0.1, 0.15) is 51.0 Å². The van der Waals surface area contributed by atoms with Crippen molar-refractivity contribution >= 4 is 17.4 Å². The van der Waals surface area contributed by atoms with Crippen LogP contribution in [0.2, 0.25) is 0 Å². The molecule has 1 amide bonds. The molecule has 0 atom stereocenters. The van der Waals surface area contributed by atoms with Gasteiger partial charge in [0.05, 0.1) is 6.20 Å². The van der Waals surface area contributed by atoms with E-state index in [9.17, 15) is 14.4 Å². The van der Waals surface area contributed by atoms with Crippen molar-refractivity contribution in [2.24, 2.45) is 0 Å². The van der Waals surface area contributed by atoms with Crippen LogP contribution in [0.3, 0.4) is 0 Å². The first-order chi connectivity index (χ1) is 15.8. The average Bonchev–Trinajstić information content (AvgIpc) is 3.26. The summed E-state index contributed by atoms with van der Waals surface area (Å²) in [5, 5.41) is 0. The van der Waals surface area contributed by atoms with Crippen molar-refractivity contribution < 1.29 is 9.21 Å². The Kier molecular flexibility index (Phi) is 7.87. The number of benzene rings is 1. The number of anilines is 2. The van der Waals surface area contributed by atoms with Crippen LogP contribution in [0.5, 0.6) is 0 Å². The first-order valence-corrected chi connectivity index (χ1v) is 11.3. The fourth-order valence-electron chi connectivity index (χ4n) is 3.59. The summed E-state index contributed by atoms with van der Waals surface area (Å²) in [5.74, 6) is 0.790. The average molecular weight is 454 g/mol. The highest BCUT2D eigenvalue weighted by molar-refractivity contribution is 5.95. The number of nitrogens with two attached hydrogens (primary N) is 1. The summed E-state index contributed by atoms with van der Waals surface area (Å²) in [6.07, 6.45) is 4.21. The summed E-state index contributed by atoms with van der Waals surface area (Å²) in [6.45, 7) is 6.58. The monoisotopic (exact) mass is 453 g/mol. The predicted octanol–water partition coefficient (Wildman–Crippen LogP) is 3.26. The molecule has 0 saturated carbocycles. The minimum atomic E-state index is -0.662. The number of aryl methyl sites for hydroxylation is 2. The molecule has 3 aromatic rings. The lowest BCUT2D eigenvalue weighted by Crippen LogP contribution is -2.41. The van der Waals surface area contributed by atoms with Gasteiger partial charge in [-0.1, -0.05) is 50.1 Å². The summed E-state index contributed by atoms with van der Waals surface area (Å²) < 4.78 is 7.13. The molecule has 0 aliphatic carbocycles. The van der Waals surface area contributed by atoms with E-state index in [0.717, 1.165) is 24.0 Å². The molecule has 0 spiro atoms. The molecule has 3 rings (SSSR count). The zero-order valence-corrected chi connectivity index (χ0v) is 19.4. The van der Waals surface area contributed by atoms with Crippen molar-refractivity contribution in [1.29, 1.82) is 0 Å². The number of aromatic amines is 1. The predicted molar refractivity (Wildman–Crippen MR) is 128 cm³/mol. The Balaban J connectivity index is 1.79. The Hall–Kier alpha value is -3.62. The largest absolute Gasteiger partial charge is 0.441 e.